The highest BCUT2D eigenvalue weighted by Gasteiger charge is 2.19. The lowest BCUT2D eigenvalue weighted by atomic mass is 10.1. The van der Waals surface area contributed by atoms with E-state index in [1.165, 1.54) is 27.4 Å². The van der Waals surface area contributed by atoms with E-state index < -0.39 is 0 Å². The molecule has 1 aromatic heterocycles. The normalized spacial score (nSPS) is 10.8. The van der Waals surface area contributed by atoms with Crippen molar-refractivity contribution in [1.82, 2.24) is 4.98 Å². The lowest BCUT2D eigenvalue weighted by Gasteiger charge is -2.20. The van der Waals surface area contributed by atoms with E-state index in [1.54, 1.807) is 23.6 Å². The number of carbonyl (C=O) groups excluding carboxylic acids is 1. The van der Waals surface area contributed by atoms with Crippen LogP contribution in [0.15, 0.2) is 52.7 Å². The van der Waals surface area contributed by atoms with Crippen molar-refractivity contribution in [3.05, 3.63) is 70.2 Å². The van der Waals surface area contributed by atoms with Crippen molar-refractivity contribution in [2.45, 2.75) is 38.3 Å². The monoisotopic (exact) mass is 382 g/mol. The van der Waals surface area contributed by atoms with Crippen LogP contribution in [0.5, 0.6) is 0 Å². The summed E-state index contributed by atoms with van der Waals surface area (Å²) in [6.45, 7) is 7.79. The van der Waals surface area contributed by atoms with Crippen molar-refractivity contribution in [3.8, 4) is 0 Å². The number of anilines is 2. The Kier molecular flexibility index (Phi) is 5.79. The fourth-order valence-electron chi connectivity index (χ4n) is 2.80. The molecule has 0 N–H and O–H groups in total. The van der Waals surface area contributed by atoms with Crippen LogP contribution in [0.2, 0.25) is 0 Å². The average molecular weight is 383 g/mol. The highest BCUT2D eigenvalue weighted by molar-refractivity contribution is 7.98. The molecule has 3 aromatic rings. The topological polar surface area (TPSA) is 33.2 Å². The SMILES string of the molecule is CC(=O)N(c1nc(CSc2ccccc2C)cs1)c1ccc(C)cc1C. The van der Waals surface area contributed by atoms with Gasteiger partial charge in [0.05, 0.1) is 11.4 Å². The van der Waals surface area contributed by atoms with Crippen LogP contribution in [-0.4, -0.2) is 10.9 Å². The van der Waals surface area contributed by atoms with Crippen LogP contribution in [0.25, 0.3) is 0 Å². The van der Waals surface area contributed by atoms with Crippen LogP contribution in [0, 0.1) is 20.8 Å². The van der Waals surface area contributed by atoms with Gasteiger partial charge in [-0.1, -0.05) is 35.9 Å². The van der Waals surface area contributed by atoms with E-state index in [2.05, 4.69) is 44.2 Å². The Hall–Kier alpha value is -2.11. The average Bonchev–Trinajstić information content (AvgIpc) is 3.04. The molecule has 134 valence electrons. The van der Waals surface area contributed by atoms with E-state index in [0.717, 1.165) is 27.8 Å². The number of nitrogens with zero attached hydrogens (tertiary/aromatic N) is 2. The Morgan fingerprint density at radius 2 is 1.88 bits per heavy atom. The van der Waals surface area contributed by atoms with E-state index in [-0.39, 0.29) is 5.91 Å². The Bertz CT molecular complexity index is 933. The molecule has 1 amide bonds. The van der Waals surface area contributed by atoms with Crippen molar-refractivity contribution in [2.24, 2.45) is 0 Å². The summed E-state index contributed by atoms with van der Waals surface area (Å²) >= 11 is 3.29. The van der Waals surface area contributed by atoms with E-state index in [4.69, 9.17) is 4.98 Å². The predicted molar refractivity (Wildman–Crippen MR) is 112 cm³/mol. The molecule has 0 radical (unpaired) electrons. The zero-order valence-corrected chi connectivity index (χ0v) is 17.1. The molecule has 0 spiro atoms. The van der Waals surface area contributed by atoms with E-state index in [9.17, 15) is 4.79 Å². The summed E-state index contributed by atoms with van der Waals surface area (Å²) in [4.78, 5) is 20.0. The molecule has 0 aliphatic heterocycles. The maximum absolute atomic E-state index is 12.3. The zero-order chi connectivity index (χ0) is 18.7. The van der Waals surface area contributed by atoms with Gasteiger partial charge < -0.3 is 0 Å². The van der Waals surface area contributed by atoms with Gasteiger partial charge in [0.25, 0.3) is 0 Å². The van der Waals surface area contributed by atoms with Gasteiger partial charge in [0.1, 0.15) is 0 Å². The van der Waals surface area contributed by atoms with E-state index >= 15 is 0 Å². The molecule has 0 saturated heterocycles. The second-order valence-electron chi connectivity index (χ2n) is 6.32. The van der Waals surface area contributed by atoms with Crippen LogP contribution in [0.4, 0.5) is 10.8 Å². The third kappa shape index (κ3) is 4.17. The van der Waals surface area contributed by atoms with Crippen molar-refractivity contribution < 1.29 is 4.79 Å². The molecule has 3 rings (SSSR count). The second kappa shape index (κ2) is 8.06. The molecule has 1 heterocycles. The van der Waals surface area contributed by atoms with Crippen LogP contribution >= 0.6 is 23.1 Å². The summed E-state index contributed by atoms with van der Waals surface area (Å²) in [7, 11) is 0. The van der Waals surface area contributed by atoms with Gasteiger partial charge in [-0.3, -0.25) is 9.69 Å². The van der Waals surface area contributed by atoms with Gasteiger partial charge in [-0.25, -0.2) is 4.98 Å². The van der Waals surface area contributed by atoms with Crippen LogP contribution < -0.4 is 4.90 Å². The predicted octanol–water partition coefficient (Wildman–Crippen LogP) is 6.05. The molecular formula is C21H22N2OS2. The van der Waals surface area contributed by atoms with Gasteiger partial charge in [0, 0.05) is 23.0 Å². The molecule has 5 heteroatoms. The smallest absolute Gasteiger partial charge is 0.230 e. The summed E-state index contributed by atoms with van der Waals surface area (Å²) in [5.74, 6) is 0.768. The van der Waals surface area contributed by atoms with Gasteiger partial charge in [0.2, 0.25) is 5.91 Å². The molecule has 0 saturated carbocycles. The number of aryl methyl sites for hydroxylation is 3. The third-order valence-electron chi connectivity index (χ3n) is 4.11. The number of aromatic nitrogens is 1. The maximum atomic E-state index is 12.3. The van der Waals surface area contributed by atoms with Crippen molar-refractivity contribution in [3.63, 3.8) is 0 Å². The minimum atomic E-state index is -0.0237. The Morgan fingerprint density at radius 1 is 1.12 bits per heavy atom. The number of carbonyl (C=O) groups is 1. The van der Waals surface area contributed by atoms with Crippen molar-refractivity contribution >= 4 is 39.8 Å². The molecule has 3 nitrogen and oxygen atoms in total. The van der Waals surface area contributed by atoms with Crippen molar-refractivity contribution in [1.29, 1.82) is 0 Å². The van der Waals surface area contributed by atoms with Crippen LogP contribution in [-0.2, 0) is 10.5 Å². The summed E-state index contributed by atoms with van der Waals surface area (Å²) in [5, 5.41) is 2.77. The van der Waals surface area contributed by atoms with Gasteiger partial charge in [0.15, 0.2) is 5.13 Å². The van der Waals surface area contributed by atoms with Gasteiger partial charge >= 0.3 is 0 Å². The lowest BCUT2D eigenvalue weighted by molar-refractivity contribution is -0.115. The molecule has 0 fully saturated rings. The molecular weight excluding hydrogens is 360 g/mol. The first-order chi connectivity index (χ1) is 12.5. The minimum absolute atomic E-state index is 0.0237. The molecule has 0 aliphatic carbocycles. The number of thiazole rings is 1. The fraction of sp³-hybridized carbons (Fsp3) is 0.238. The number of amides is 1. The van der Waals surface area contributed by atoms with Gasteiger partial charge in [-0.2, -0.15) is 0 Å². The molecule has 0 atom stereocenters. The zero-order valence-electron chi connectivity index (χ0n) is 15.4. The molecule has 2 aromatic carbocycles. The first-order valence-corrected chi connectivity index (χ1v) is 10.3. The molecule has 26 heavy (non-hydrogen) atoms. The highest BCUT2D eigenvalue weighted by Crippen LogP contribution is 2.33. The first-order valence-electron chi connectivity index (χ1n) is 8.46. The standard InChI is InChI=1S/C21H22N2OS2/c1-14-9-10-19(16(3)11-14)23(17(4)24)21-22-18(13-26-21)12-25-20-8-6-5-7-15(20)2/h5-11,13H,12H2,1-4H3. The number of thioether (sulfide) groups is 1. The summed E-state index contributed by atoms with van der Waals surface area (Å²) in [6, 6.07) is 14.5. The second-order valence-corrected chi connectivity index (χ2v) is 8.17. The number of hydrogen-bond acceptors (Lipinski definition) is 4. The number of benzene rings is 2. The summed E-state index contributed by atoms with van der Waals surface area (Å²) < 4.78 is 0. The Balaban J connectivity index is 1.82. The Morgan fingerprint density at radius 3 is 2.58 bits per heavy atom. The van der Waals surface area contributed by atoms with Gasteiger partial charge in [-0.05, 0) is 44.0 Å². The third-order valence-corrected chi connectivity index (χ3v) is 6.19. The van der Waals surface area contributed by atoms with Crippen LogP contribution in [0.1, 0.15) is 29.3 Å². The summed E-state index contributed by atoms with van der Waals surface area (Å²) in [6.07, 6.45) is 0. The Labute approximate surface area is 163 Å². The molecule has 0 bridgehead atoms. The highest BCUT2D eigenvalue weighted by atomic mass is 32.2. The van der Waals surface area contributed by atoms with Crippen molar-refractivity contribution in [2.75, 3.05) is 4.90 Å². The van der Waals surface area contributed by atoms with Gasteiger partial charge in [-0.15, -0.1) is 23.1 Å². The first kappa shape index (κ1) is 18.7. The minimum Gasteiger partial charge on any atom is -0.274 e. The van der Waals surface area contributed by atoms with Crippen LogP contribution in [0.3, 0.4) is 0 Å². The quantitative estimate of drug-likeness (QED) is 0.504. The van der Waals surface area contributed by atoms with E-state index in [0.29, 0.717) is 0 Å². The largest absolute Gasteiger partial charge is 0.274 e. The molecule has 0 unspecified atom stereocenters. The fourth-order valence-corrected chi connectivity index (χ4v) is 4.71. The summed E-state index contributed by atoms with van der Waals surface area (Å²) in [5.41, 5.74) is 5.42. The maximum Gasteiger partial charge on any atom is 0.230 e. The lowest BCUT2D eigenvalue weighted by Crippen LogP contribution is -2.23. The van der Waals surface area contributed by atoms with E-state index in [1.807, 2.05) is 24.4 Å². The molecule has 0 aliphatic rings. The number of rotatable bonds is 5. The number of hydrogen-bond donors (Lipinski definition) is 0.